The van der Waals surface area contributed by atoms with Crippen molar-refractivity contribution in [1.82, 2.24) is 5.32 Å². The van der Waals surface area contributed by atoms with E-state index in [9.17, 15) is 9.59 Å². The minimum Gasteiger partial charge on any atom is -0.469 e. The molecule has 1 N–H and O–H groups in total. The number of amides is 1. The normalized spacial score (nSPS) is 16.1. The molecule has 0 spiro atoms. The Hall–Kier alpha value is -1.84. The number of aryl methyl sites for hydroxylation is 1. The Kier molecular flexibility index (Phi) is 4.77. The first-order chi connectivity index (χ1) is 9.60. The monoisotopic (exact) mass is 275 g/mol. The average molecular weight is 275 g/mol. The SMILES string of the molecule is COC(=O)C[C@H](NC(=O)C1CCC1)c1ccc(C)cc1. The molecule has 1 fully saturated rings. The van der Waals surface area contributed by atoms with Gasteiger partial charge in [0.1, 0.15) is 0 Å². The van der Waals surface area contributed by atoms with Crippen LogP contribution in [-0.2, 0) is 14.3 Å². The topological polar surface area (TPSA) is 55.4 Å². The second-order valence-electron chi connectivity index (χ2n) is 5.38. The number of benzene rings is 1. The van der Waals surface area contributed by atoms with Crippen molar-refractivity contribution < 1.29 is 14.3 Å². The molecule has 0 radical (unpaired) electrons. The van der Waals surface area contributed by atoms with Crippen LogP contribution >= 0.6 is 0 Å². The Morgan fingerprint density at radius 2 is 1.95 bits per heavy atom. The second kappa shape index (κ2) is 6.55. The Morgan fingerprint density at radius 1 is 1.30 bits per heavy atom. The summed E-state index contributed by atoms with van der Waals surface area (Å²) in [6, 6.07) is 7.55. The summed E-state index contributed by atoms with van der Waals surface area (Å²) >= 11 is 0. The lowest BCUT2D eigenvalue weighted by atomic mass is 9.84. The van der Waals surface area contributed by atoms with Crippen molar-refractivity contribution in [1.29, 1.82) is 0 Å². The van der Waals surface area contributed by atoms with E-state index in [1.54, 1.807) is 0 Å². The van der Waals surface area contributed by atoms with Crippen molar-refractivity contribution in [3.8, 4) is 0 Å². The first-order valence-electron chi connectivity index (χ1n) is 7.04. The van der Waals surface area contributed by atoms with Crippen molar-refractivity contribution in [2.75, 3.05) is 7.11 Å². The second-order valence-corrected chi connectivity index (χ2v) is 5.38. The van der Waals surface area contributed by atoms with Crippen LogP contribution in [0.2, 0.25) is 0 Å². The molecule has 0 aliphatic heterocycles. The van der Waals surface area contributed by atoms with Crippen molar-refractivity contribution in [2.24, 2.45) is 5.92 Å². The molecule has 4 nitrogen and oxygen atoms in total. The quantitative estimate of drug-likeness (QED) is 0.840. The zero-order chi connectivity index (χ0) is 14.5. The Morgan fingerprint density at radius 3 is 2.45 bits per heavy atom. The minimum atomic E-state index is -0.315. The molecule has 20 heavy (non-hydrogen) atoms. The molecule has 0 aromatic heterocycles. The highest BCUT2D eigenvalue weighted by Gasteiger charge is 2.28. The summed E-state index contributed by atoms with van der Waals surface area (Å²) in [7, 11) is 1.36. The summed E-state index contributed by atoms with van der Waals surface area (Å²) in [4.78, 5) is 23.6. The summed E-state index contributed by atoms with van der Waals surface area (Å²) in [5, 5.41) is 2.98. The molecule has 108 valence electrons. The Balaban J connectivity index is 2.08. The van der Waals surface area contributed by atoms with Gasteiger partial charge in [-0.05, 0) is 25.3 Å². The standard InChI is InChI=1S/C16H21NO3/c1-11-6-8-12(9-7-11)14(10-15(18)20-2)17-16(19)13-4-3-5-13/h6-9,13-14H,3-5,10H2,1-2H3,(H,17,19)/t14-/m0/s1. The van der Waals surface area contributed by atoms with Gasteiger partial charge in [0.15, 0.2) is 0 Å². The number of ether oxygens (including phenoxy) is 1. The Labute approximate surface area is 119 Å². The molecular weight excluding hydrogens is 254 g/mol. The Bertz CT molecular complexity index is 477. The molecule has 0 bridgehead atoms. The summed E-state index contributed by atoms with van der Waals surface area (Å²) in [6.45, 7) is 2.01. The summed E-state index contributed by atoms with van der Waals surface area (Å²) in [5.74, 6) is -0.157. The number of rotatable bonds is 5. The fraction of sp³-hybridized carbons (Fsp3) is 0.500. The number of carbonyl (C=O) groups excluding carboxylic acids is 2. The van der Waals surface area contributed by atoms with Gasteiger partial charge in [0.2, 0.25) is 5.91 Å². The van der Waals surface area contributed by atoms with E-state index in [0.717, 1.165) is 30.4 Å². The third kappa shape index (κ3) is 3.59. The molecule has 0 heterocycles. The number of esters is 1. The molecule has 1 aliphatic rings. The maximum Gasteiger partial charge on any atom is 0.307 e. The zero-order valence-corrected chi connectivity index (χ0v) is 12.0. The van der Waals surface area contributed by atoms with Crippen LogP contribution in [0, 0.1) is 12.8 Å². The molecule has 2 rings (SSSR count). The van der Waals surface area contributed by atoms with Crippen LogP contribution in [0.15, 0.2) is 24.3 Å². The van der Waals surface area contributed by atoms with Crippen LogP contribution in [0.25, 0.3) is 0 Å². The molecule has 4 heteroatoms. The molecule has 1 aromatic rings. The van der Waals surface area contributed by atoms with Crippen molar-refractivity contribution in [2.45, 2.75) is 38.6 Å². The smallest absolute Gasteiger partial charge is 0.307 e. The summed E-state index contributed by atoms with van der Waals surface area (Å²) < 4.78 is 4.72. The molecule has 1 amide bonds. The molecule has 0 unspecified atom stereocenters. The number of hydrogen-bond acceptors (Lipinski definition) is 3. The van der Waals surface area contributed by atoms with E-state index in [4.69, 9.17) is 4.74 Å². The highest BCUT2D eigenvalue weighted by Crippen LogP contribution is 2.28. The van der Waals surface area contributed by atoms with Crippen molar-refractivity contribution >= 4 is 11.9 Å². The summed E-state index contributed by atoms with van der Waals surface area (Å²) in [6.07, 6.45) is 3.18. The van der Waals surface area contributed by atoms with E-state index in [1.807, 2.05) is 31.2 Å². The number of methoxy groups -OCH3 is 1. The molecule has 1 saturated carbocycles. The van der Waals surface area contributed by atoms with Crippen LogP contribution in [0.3, 0.4) is 0 Å². The van der Waals surface area contributed by atoms with Gasteiger partial charge in [0.05, 0.1) is 19.6 Å². The summed E-state index contributed by atoms with van der Waals surface area (Å²) in [5.41, 5.74) is 2.09. The van der Waals surface area contributed by atoms with E-state index >= 15 is 0 Å². The van der Waals surface area contributed by atoms with E-state index in [1.165, 1.54) is 7.11 Å². The van der Waals surface area contributed by atoms with Crippen LogP contribution in [0.5, 0.6) is 0 Å². The number of carbonyl (C=O) groups is 2. The van der Waals surface area contributed by atoms with Crippen molar-refractivity contribution in [3.63, 3.8) is 0 Å². The van der Waals surface area contributed by atoms with E-state index in [2.05, 4.69) is 5.32 Å². The lowest BCUT2D eigenvalue weighted by Crippen LogP contribution is -2.37. The molecule has 1 aromatic carbocycles. The van der Waals surface area contributed by atoms with Crippen LogP contribution < -0.4 is 5.32 Å². The van der Waals surface area contributed by atoms with Gasteiger partial charge in [-0.1, -0.05) is 36.2 Å². The van der Waals surface area contributed by atoms with Gasteiger partial charge in [-0.15, -0.1) is 0 Å². The maximum atomic E-state index is 12.1. The van der Waals surface area contributed by atoms with Crippen molar-refractivity contribution in [3.05, 3.63) is 35.4 Å². The first-order valence-corrected chi connectivity index (χ1v) is 7.04. The third-order valence-electron chi connectivity index (χ3n) is 3.87. The van der Waals surface area contributed by atoms with Gasteiger partial charge in [-0.2, -0.15) is 0 Å². The predicted molar refractivity (Wildman–Crippen MR) is 76.0 cm³/mol. The minimum absolute atomic E-state index is 0.0470. The third-order valence-corrected chi connectivity index (χ3v) is 3.87. The molecular formula is C16H21NO3. The van der Waals surface area contributed by atoms with Crippen LogP contribution in [0.4, 0.5) is 0 Å². The number of hydrogen-bond donors (Lipinski definition) is 1. The van der Waals surface area contributed by atoms with E-state index < -0.39 is 0 Å². The van der Waals surface area contributed by atoms with Gasteiger partial charge in [-0.3, -0.25) is 9.59 Å². The van der Waals surface area contributed by atoms with Gasteiger partial charge in [-0.25, -0.2) is 0 Å². The lowest BCUT2D eigenvalue weighted by Gasteiger charge is -2.27. The van der Waals surface area contributed by atoms with Gasteiger partial charge in [0.25, 0.3) is 0 Å². The van der Waals surface area contributed by atoms with Crippen LogP contribution in [0.1, 0.15) is 42.9 Å². The first kappa shape index (κ1) is 14.6. The lowest BCUT2D eigenvalue weighted by molar-refractivity contribution is -0.141. The fourth-order valence-electron chi connectivity index (χ4n) is 2.26. The van der Waals surface area contributed by atoms with Gasteiger partial charge in [0, 0.05) is 5.92 Å². The van der Waals surface area contributed by atoms with Gasteiger partial charge < -0.3 is 10.1 Å². The highest BCUT2D eigenvalue weighted by atomic mass is 16.5. The fourth-order valence-corrected chi connectivity index (χ4v) is 2.26. The number of nitrogens with one attached hydrogen (secondary N) is 1. The molecule has 1 atom stereocenters. The van der Waals surface area contributed by atoms with E-state index in [-0.39, 0.29) is 30.3 Å². The molecule has 0 saturated heterocycles. The average Bonchev–Trinajstić information content (AvgIpc) is 2.36. The van der Waals surface area contributed by atoms with Gasteiger partial charge >= 0.3 is 5.97 Å². The maximum absolute atomic E-state index is 12.1. The largest absolute Gasteiger partial charge is 0.469 e. The van der Waals surface area contributed by atoms with Crippen LogP contribution in [-0.4, -0.2) is 19.0 Å². The van der Waals surface area contributed by atoms with E-state index in [0.29, 0.717) is 0 Å². The molecule has 1 aliphatic carbocycles. The predicted octanol–water partition coefficient (Wildman–Crippen LogP) is 2.52. The highest BCUT2D eigenvalue weighted by molar-refractivity contribution is 5.80. The zero-order valence-electron chi connectivity index (χ0n) is 12.0.